The number of aromatic nitrogens is 1. The number of hydrogen-bond acceptors (Lipinski definition) is 6. The molecule has 1 atom stereocenters. The van der Waals surface area contributed by atoms with E-state index in [1.54, 1.807) is 37.2 Å². The van der Waals surface area contributed by atoms with Crippen LogP contribution in [0.1, 0.15) is 25.3 Å². The van der Waals surface area contributed by atoms with Crippen LogP contribution in [-0.4, -0.2) is 60.1 Å². The van der Waals surface area contributed by atoms with Crippen LogP contribution in [0.15, 0.2) is 29.6 Å². The molecule has 0 bridgehead atoms. The van der Waals surface area contributed by atoms with Gasteiger partial charge >= 0.3 is 12.0 Å². The molecule has 8 heteroatoms. The highest BCUT2D eigenvalue weighted by molar-refractivity contribution is 5.94. The number of esters is 1. The fourth-order valence-corrected chi connectivity index (χ4v) is 3.15. The number of nitrogens with zero attached hydrogens (tertiary/aromatic N) is 3. The summed E-state index contributed by atoms with van der Waals surface area (Å²) in [7, 11) is 1.69. The molecular weight excluding hydrogens is 338 g/mol. The highest BCUT2D eigenvalue weighted by atomic mass is 16.5. The molecule has 0 aromatic carbocycles. The average Bonchev–Trinajstić information content (AvgIpc) is 2.66. The molecule has 2 amide bonds. The van der Waals surface area contributed by atoms with Crippen LogP contribution < -0.4 is 4.90 Å². The van der Waals surface area contributed by atoms with E-state index in [1.165, 1.54) is 4.90 Å². The summed E-state index contributed by atoms with van der Waals surface area (Å²) in [5.74, 6) is 0.1000. The number of aliphatic hydroxyl groups excluding tert-OH is 1. The second kappa shape index (κ2) is 7.84. The van der Waals surface area contributed by atoms with Crippen LogP contribution in [0.4, 0.5) is 10.6 Å². The van der Waals surface area contributed by atoms with Crippen LogP contribution >= 0.6 is 0 Å². The lowest BCUT2D eigenvalue weighted by Crippen LogP contribution is -2.54. The summed E-state index contributed by atoms with van der Waals surface area (Å²) in [6.07, 6.45) is 1.90. The third-order valence-corrected chi connectivity index (χ3v) is 4.54. The second-order valence-electron chi connectivity index (χ2n) is 6.19. The number of ether oxygens (including phenoxy) is 2. The van der Waals surface area contributed by atoms with Gasteiger partial charge in [-0.3, -0.25) is 4.79 Å². The maximum atomic E-state index is 12.7. The van der Waals surface area contributed by atoms with E-state index < -0.39 is 6.23 Å². The molecule has 1 aromatic heterocycles. The minimum absolute atomic E-state index is 0.253. The van der Waals surface area contributed by atoms with Crippen molar-refractivity contribution in [3.63, 3.8) is 0 Å². The number of aryl methyl sites for hydroxylation is 1. The molecule has 0 fully saturated rings. The number of carbonyl (C=O) groups is 2. The molecule has 1 N–H and O–H groups in total. The Balaban J connectivity index is 1.75. The number of aliphatic hydroxyl groups is 1. The van der Waals surface area contributed by atoms with E-state index in [9.17, 15) is 14.7 Å². The largest absolute Gasteiger partial charge is 0.466 e. The molecule has 1 aromatic rings. The minimum atomic E-state index is -1.09. The third-order valence-electron chi connectivity index (χ3n) is 4.54. The van der Waals surface area contributed by atoms with Gasteiger partial charge in [0.2, 0.25) is 0 Å². The summed E-state index contributed by atoms with van der Waals surface area (Å²) in [5.41, 5.74) is 2.36. The summed E-state index contributed by atoms with van der Waals surface area (Å²) in [4.78, 5) is 31.2. The van der Waals surface area contributed by atoms with Crippen LogP contribution in [0.3, 0.4) is 0 Å². The van der Waals surface area contributed by atoms with E-state index in [4.69, 9.17) is 9.47 Å². The zero-order chi connectivity index (χ0) is 18.7. The molecular formula is C18H23N3O5. The first-order valence-electron chi connectivity index (χ1n) is 8.68. The highest BCUT2D eigenvalue weighted by Gasteiger charge is 2.39. The topological polar surface area (TPSA) is 92.2 Å². The summed E-state index contributed by atoms with van der Waals surface area (Å²) in [6, 6.07) is 3.14. The van der Waals surface area contributed by atoms with Crippen molar-refractivity contribution in [1.29, 1.82) is 0 Å². The van der Waals surface area contributed by atoms with E-state index in [0.717, 1.165) is 11.3 Å². The number of pyridine rings is 1. The Hall–Kier alpha value is -2.45. The predicted molar refractivity (Wildman–Crippen MR) is 93.3 cm³/mol. The quantitative estimate of drug-likeness (QED) is 0.798. The molecule has 0 aliphatic carbocycles. The summed E-state index contributed by atoms with van der Waals surface area (Å²) >= 11 is 0. The molecule has 2 aliphatic heterocycles. The Morgan fingerprint density at radius 2 is 2.27 bits per heavy atom. The molecule has 26 heavy (non-hydrogen) atoms. The normalized spacial score (nSPS) is 20.3. The maximum absolute atomic E-state index is 12.7. The lowest BCUT2D eigenvalue weighted by atomic mass is 10.0. The molecule has 1 unspecified atom stereocenters. The predicted octanol–water partition coefficient (Wildman–Crippen LogP) is 1.44. The fraction of sp³-hybridized carbons (Fsp3) is 0.500. The first-order valence-corrected chi connectivity index (χ1v) is 8.68. The number of amides is 2. The molecule has 3 rings (SSSR count). The summed E-state index contributed by atoms with van der Waals surface area (Å²) in [5, 5.41) is 10.6. The average molecular weight is 361 g/mol. The Bertz CT molecular complexity index is 716. The first-order chi connectivity index (χ1) is 12.5. The second-order valence-corrected chi connectivity index (χ2v) is 6.19. The number of rotatable bonds is 5. The lowest BCUT2D eigenvalue weighted by Gasteiger charge is -2.41. The van der Waals surface area contributed by atoms with Gasteiger partial charge in [0.25, 0.3) is 0 Å². The van der Waals surface area contributed by atoms with Crippen molar-refractivity contribution in [3.05, 3.63) is 35.2 Å². The number of anilines is 1. The highest BCUT2D eigenvalue weighted by Crippen LogP contribution is 2.31. The van der Waals surface area contributed by atoms with E-state index in [0.29, 0.717) is 44.1 Å². The van der Waals surface area contributed by atoms with Crippen LogP contribution in [0.25, 0.3) is 0 Å². The third kappa shape index (κ3) is 3.56. The minimum Gasteiger partial charge on any atom is -0.466 e. The zero-order valence-electron chi connectivity index (χ0n) is 15.0. The lowest BCUT2D eigenvalue weighted by molar-refractivity contribution is -0.143. The van der Waals surface area contributed by atoms with Gasteiger partial charge in [0.15, 0.2) is 6.23 Å². The van der Waals surface area contributed by atoms with Crippen molar-refractivity contribution in [2.24, 2.45) is 0 Å². The smallest absolute Gasteiger partial charge is 0.332 e. The molecule has 0 spiro atoms. The van der Waals surface area contributed by atoms with Crippen LogP contribution in [0.5, 0.6) is 0 Å². The van der Waals surface area contributed by atoms with E-state index in [1.807, 2.05) is 0 Å². The van der Waals surface area contributed by atoms with Crippen molar-refractivity contribution in [2.45, 2.75) is 32.4 Å². The Kier molecular flexibility index (Phi) is 5.53. The fourth-order valence-electron chi connectivity index (χ4n) is 3.15. The van der Waals surface area contributed by atoms with Gasteiger partial charge in [0, 0.05) is 37.4 Å². The molecule has 8 nitrogen and oxygen atoms in total. The van der Waals surface area contributed by atoms with Gasteiger partial charge in [-0.25, -0.2) is 14.7 Å². The van der Waals surface area contributed by atoms with E-state index in [-0.39, 0.29) is 18.4 Å². The van der Waals surface area contributed by atoms with Gasteiger partial charge in [-0.15, -0.1) is 0 Å². The molecule has 0 saturated carbocycles. The van der Waals surface area contributed by atoms with Gasteiger partial charge in [0.05, 0.1) is 19.8 Å². The number of urea groups is 1. The zero-order valence-corrected chi connectivity index (χ0v) is 15.0. The molecule has 2 aliphatic rings. The summed E-state index contributed by atoms with van der Waals surface area (Å²) in [6.45, 7) is 2.96. The maximum Gasteiger partial charge on any atom is 0.332 e. The summed E-state index contributed by atoms with van der Waals surface area (Å²) < 4.78 is 10.3. The van der Waals surface area contributed by atoms with Gasteiger partial charge in [0.1, 0.15) is 5.82 Å². The molecule has 140 valence electrons. The first kappa shape index (κ1) is 18.3. The Labute approximate surface area is 152 Å². The Morgan fingerprint density at radius 3 is 2.96 bits per heavy atom. The van der Waals surface area contributed by atoms with Gasteiger partial charge in [-0.1, -0.05) is 6.07 Å². The SMILES string of the molecule is CCOC(=O)CCc1ccc(N2C(=O)N(C)C3=C(COCC3)C2O)nc1. The molecule has 0 saturated heterocycles. The Morgan fingerprint density at radius 1 is 1.46 bits per heavy atom. The van der Waals surface area contributed by atoms with Gasteiger partial charge in [-0.05, 0) is 25.0 Å². The standard InChI is InChI=1S/C18H23N3O5/c1-3-26-16(22)7-5-12-4-6-15(19-10-12)21-17(23)13-11-25-9-8-14(13)20(2)18(21)24/h4,6,10,17,23H,3,5,7-9,11H2,1-2H3. The van der Waals surface area contributed by atoms with Crippen LogP contribution in [0.2, 0.25) is 0 Å². The van der Waals surface area contributed by atoms with E-state index >= 15 is 0 Å². The molecule has 0 radical (unpaired) electrons. The molecule has 3 heterocycles. The van der Waals surface area contributed by atoms with Gasteiger partial charge in [-0.2, -0.15) is 0 Å². The number of hydrogen-bond donors (Lipinski definition) is 1. The van der Waals surface area contributed by atoms with Crippen molar-refractivity contribution >= 4 is 17.8 Å². The number of carbonyl (C=O) groups excluding carboxylic acids is 2. The van der Waals surface area contributed by atoms with Crippen molar-refractivity contribution in [3.8, 4) is 0 Å². The van der Waals surface area contributed by atoms with Gasteiger partial charge < -0.3 is 19.5 Å². The van der Waals surface area contributed by atoms with Crippen molar-refractivity contribution in [1.82, 2.24) is 9.88 Å². The van der Waals surface area contributed by atoms with Crippen molar-refractivity contribution < 1.29 is 24.2 Å². The van der Waals surface area contributed by atoms with Crippen molar-refractivity contribution in [2.75, 3.05) is 31.8 Å². The van der Waals surface area contributed by atoms with E-state index in [2.05, 4.69) is 4.98 Å². The van der Waals surface area contributed by atoms with Crippen LogP contribution in [0, 0.1) is 0 Å². The van der Waals surface area contributed by atoms with Crippen LogP contribution in [-0.2, 0) is 20.7 Å². The monoisotopic (exact) mass is 361 g/mol.